The van der Waals surface area contributed by atoms with E-state index < -0.39 is 0 Å². The molecule has 1 amide bonds. The minimum absolute atomic E-state index is 0.164. The van der Waals surface area contributed by atoms with E-state index in [0.717, 1.165) is 21.6 Å². The Labute approximate surface area is 142 Å². The Morgan fingerprint density at radius 1 is 1.12 bits per heavy atom. The van der Waals surface area contributed by atoms with Crippen LogP contribution in [0.15, 0.2) is 60.1 Å². The molecule has 4 rings (SSSR count). The Morgan fingerprint density at radius 2 is 1.96 bits per heavy atom. The summed E-state index contributed by atoms with van der Waals surface area (Å²) in [7, 11) is 0. The van der Waals surface area contributed by atoms with Crippen LogP contribution in [-0.2, 0) is 0 Å². The second kappa shape index (κ2) is 5.90. The summed E-state index contributed by atoms with van der Waals surface area (Å²) in [6.07, 6.45) is 0. The van der Waals surface area contributed by atoms with Crippen molar-refractivity contribution >= 4 is 33.3 Å². The molecule has 0 unspecified atom stereocenters. The van der Waals surface area contributed by atoms with Gasteiger partial charge in [0.15, 0.2) is 0 Å². The number of carbonyl (C=O) groups excluding carboxylic acids is 1. The third-order valence-corrected chi connectivity index (χ3v) is 4.46. The molecule has 2 aromatic carbocycles. The van der Waals surface area contributed by atoms with Gasteiger partial charge >= 0.3 is 0 Å². The van der Waals surface area contributed by atoms with Crippen LogP contribution in [0.4, 0.5) is 5.82 Å². The van der Waals surface area contributed by atoms with Crippen LogP contribution in [0.3, 0.4) is 0 Å². The average molecular weight is 334 g/mol. The van der Waals surface area contributed by atoms with E-state index in [1.807, 2.05) is 55.5 Å². The first-order chi connectivity index (χ1) is 11.7. The number of hydrogen-bond acceptors (Lipinski definition) is 4. The molecule has 0 aliphatic carbocycles. The van der Waals surface area contributed by atoms with Crippen LogP contribution in [0.2, 0.25) is 0 Å². The van der Waals surface area contributed by atoms with E-state index >= 15 is 0 Å². The van der Waals surface area contributed by atoms with Gasteiger partial charge in [-0.15, -0.1) is 11.3 Å². The van der Waals surface area contributed by atoms with Gasteiger partial charge in [0.1, 0.15) is 5.82 Å². The molecule has 0 fully saturated rings. The van der Waals surface area contributed by atoms with Crippen LogP contribution < -0.4 is 5.32 Å². The number of amides is 1. The highest BCUT2D eigenvalue weighted by Gasteiger charge is 2.13. The minimum Gasteiger partial charge on any atom is -0.306 e. The molecule has 0 bridgehead atoms. The molecular weight excluding hydrogens is 320 g/mol. The van der Waals surface area contributed by atoms with Crippen LogP contribution in [0, 0.1) is 6.92 Å². The lowest BCUT2D eigenvalue weighted by molar-refractivity contribution is 0.102. The SMILES string of the molecule is Cc1cc(NC(=O)c2ccc3ncsc3c2)n(-c2ccccc2)n1. The van der Waals surface area contributed by atoms with Crippen molar-refractivity contribution in [2.24, 2.45) is 0 Å². The van der Waals surface area contributed by atoms with Gasteiger partial charge in [0.25, 0.3) is 5.91 Å². The zero-order valence-corrected chi connectivity index (χ0v) is 13.7. The van der Waals surface area contributed by atoms with Crippen molar-refractivity contribution < 1.29 is 4.79 Å². The van der Waals surface area contributed by atoms with Gasteiger partial charge in [0.2, 0.25) is 0 Å². The molecule has 0 spiro atoms. The molecule has 0 atom stereocenters. The normalized spacial score (nSPS) is 10.9. The van der Waals surface area contributed by atoms with Gasteiger partial charge in [-0.2, -0.15) is 5.10 Å². The number of aromatic nitrogens is 3. The van der Waals surface area contributed by atoms with E-state index in [1.54, 1.807) is 16.3 Å². The van der Waals surface area contributed by atoms with Crippen LogP contribution >= 0.6 is 11.3 Å². The number of nitrogens with zero attached hydrogens (tertiary/aromatic N) is 3. The Kier molecular flexibility index (Phi) is 3.59. The van der Waals surface area contributed by atoms with Crippen molar-refractivity contribution in [3.8, 4) is 5.69 Å². The smallest absolute Gasteiger partial charge is 0.256 e. The van der Waals surface area contributed by atoms with E-state index in [0.29, 0.717) is 11.4 Å². The summed E-state index contributed by atoms with van der Waals surface area (Å²) in [6.45, 7) is 1.90. The zero-order chi connectivity index (χ0) is 16.5. The molecular formula is C18H14N4OS. The van der Waals surface area contributed by atoms with Gasteiger partial charge in [0.05, 0.1) is 27.1 Å². The van der Waals surface area contributed by atoms with Crippen LogP contribution in [0.5, 0.6) is 0 Å². The zero-order valence-electron chi connectivity index (χ0n) is 12.9. The largest absolute Gasteiger partial charge is 0.306 e. The Hall–Kier alpha value is -2.99. The first-order valence-electron chi connectivity index (χ1n) is 7.47. The first-order valence-corrected chi connectivity index (χ1v) is 8.35. The number of benzene rings is 2. The van der Waals surface area contributed by atoms with Gasteiger partial charge < -0.3 is 5.32 Å². The number of anilines is 1. The van der Waals surface area contributed by atoms with E-state index in [9.17, 15) is 4.79 Å². The molecule has 4 aromatic rings. The number of aryl methyl sites for hydroxylation is 1. The highest BCUT2D eigenvalue weighted by Crippen LogP contribution is 2.21. The molecule has 118 valence electrons. The van der Waals surface area contributed by atoms with Gasteiger partial charge in [-0.25, -0.2) is 9.67 Å². The molecule has 24 heavy (non-hydrogen) atoms. The van der Waals surface area contributed by atoms with Gasteiger partial charge in [-0.3, -0.25) is 4.79 Å². The maximum atomic E-state index is 12.6. The molecule has 6 heteroatoms. The van der Waals surface area contributed by atoms with Gasteiger partial charge in [-0.05, 0) is 37.3 Å². The Balaban J connectivity index is 1.66. The van der Waals surface area contributed by atoms with Crippen LogP contribution in [0.1, 0.15) is 16.1 Å². The van der Waals surface area contributed by atoms with Crippen LogP contribution in [0.25, 0.3) is 15.9 Å². The molecule has 2 aromatic heterocycles. The molecule has 0 saturated carbocycles. The number of thiazole rings is 1. The fourth-order valence-electron chi connectivity index (χ4n) is 2.54. The van der Waals surface area contributed by atoms with Gasteiger partial charge in [-0.1, -0.05) is 18.2 Å². The van der Waals surface area contributed by atoms with Gasteiger partial charge in [0, 0.05) is 11.6 Å². The summed E-state index contributed by atoms with van der Waals surface area (Å²) in [5.74, 6) is 0.482. The quantitative estimate of drug-likeness (QED) is 0.615. The number of hydrogen-bond donors (Lipinski definition) is 1. The van der Waals surface area contributed by atoms with Crippen molar-refractivity contribution in [2.75, 3.05) is 5.32 Å². The third kappa shape index (κ3) is 2.68. The predicted octanol–water partition coefficient (Wildman–Crippen LogP) is 4.04. The van der Waals surface area contributed by atoms with E-state index in [2.05, 4.69) is 15.4 Å². The Bertz CT molecular complexity index is 1020. The number of para-hydroxylation sites is 1. The average Bonchev–Trinajstić information content (AvgIpc) is 3.21. The fourth-order valence-corrected chi connectivity index (χ4v) is 3.26. The van der Waals surface area contributed by atoms with E-state index in [1.165, 1.54) is 11.3 Å². The molecule has 0 aliphatic rings. The standard InChI is InChI=1S/C18H14N4OS/c1-12-9-17(22(21-12)14-5-3-2-4-6-14)20-18(23)13-7-8-15-16(10-13)24-11-19-15/h2-11H,1H3,(H,20,23). The maximum absolute atomic E-state index is 12.6. The summed E-state index contributed by atoms with van der Waals surface area (Å²) in [5.41, 5.74) is 5.03. The first kappa shape index (κ1) is 14.6. The lowest BCUT2D eigenvalue weighted by atomic mass is 10.2. The van der Waals surface area contributed by atoms with Crippen molar-refractivity contribution in [1.29, 1.82) is 0 Å². The van der Waals surface area contributed by atoms with Crippen LogP contribution in [-0.4, -0.2) is 20.7 Å². The summed E-state index contributed by atoms with van der Waals surface area (Å²) < 4.78 is 2.73. The number of rotatable bonds is 3. The number of nitrogens with one attached hydrogen (secondary N) is 1. The molecule has 0 radical (unpaired) electrons. The maximum Gasteiger partial charge on any atom is 0.256 e. The fraction of sp³-hybridized carbons (Fsp3) is 0.0556. The highest BCUT2D eigenvalue weighted by molar-refractivity contribution is 7.16. The predicted molar refractivity (Wildman–Crippen MR) is 95.9 cm³/mol. The summed E-state index contributed by atoms with van der Waals surface area (Å²) in [6, 6.07) is 17.1. The summed E-state index contributed by atoms with van der Waals surface area (Å²) >= 11 is 1.52. The third-order valence-electron chi connectivity index (χ3n) is 3.67. The van der Waals surface area contributed by atoms with Crippen molar-refractivity contribution in [2.45, 2.75) is 6.92 Å². The second-order valence-electron chi connectivity index (χ2n) is 5.41. The molecule has 0 saturated heterocycles. The van der Waals surface area contributed by atoms with Crippen molar-refractivity contribution in [3.05, 3.63) is 71.4 Å². The lowest BCUT2D eigenvalue weighted by Gasteiger charge is -2.09. The summed E-state index contributed by atoms with van der Waals surface area (Å²) in [4.78, 5) is 16.8. The molecule has 2 heterocycles. The van der Waals surface area contributed by atoms with E-state index in [-0.39, 0.29) is 5.91 Å². The monoisotopic (exact) mass is 334 g/mol. The number of carbonyl (C=O) groups is 1. The number of fused-ring (bicyclic) bond motifs is 1. The lowest BCUT2D eigenvalue weighted by Crippen LogP contribution is -2.15. The van der Waals surface area contributed by atoms with E-state index in [4.69, 9.17) is 0 Å². The molecule has 0 aliphatic heterocycles. The topological polar surface area (TPSA) is 59.8 Å². The molecule has 1 N–H and O–H groups in total. The minimum atomic E-state index is -0.164. The summed E-state index contributed by atoms with van der Waals surface area (Å²) in [5, 5.41) is 7.41. The highest BCUT2D eigenvalue weighted by atomic mass is 32.1. The Morgan fingerprint density at radius 3 is 2.79 bits per heavy atom. The van der Waals surface area contributed by atoms with Crippen molar-refractivity contribution in [3.63, 3.8) is 0 Å². The van der Waals surface area contributed by atoms with Crippen molar-refractivity contribution in [1.82, 2.24) is 14.8 Å². The second-order valence-corrected chi connectivity index (χ2v) is 6.29. The molecule has 5 nitrogen and oxygen atoms in total.